The molecule has 0 radical (unpaired) electrons. The first kappa shape index (κ1) is 19.6. The van der Waals surface area contributed by atoms with Crippen molar-refractivity contribution in [2.24, 2.45) is 0 Å². The number of aromatic nitrogens is 3. The molecule has 7 nitrogen and oxygen atoms in total. The zero-order valence-corrected chi connectivity index (χ0v) is 17.8. The molecule has 5 rings (SSSR count). The number of unbranched alkanes of at least 4 members (excludes halogenated alkanes) is 1. The van der Waals surface area contributed by atoms with Crippen molar-refractivity contribution >= 4 is 22.4 Å². The molecule has 158 valence electrons. The van der Waals surface area contributed by atoms with Crippen molar-refractivity contribution in [3.05, 3.63) is 74.8 Å². The Balaban J connectivity index is 1.40. The Bertz CT molecular complexity index is 1330. The lowest BCUT2D eigenvalue weighted by Crippen LogP contribution is -2.26. The summed E-state index contributed by atoms with van der Waals surface area (Å²) in [5.41, 5.74) is 0.699. The van der Waals surface area contributed by atoms with Gasteiger partial charge in [0.05, 0.1) is 11.1 Å². The van der Waals surface area contributed by atoms with Gasteiger partial charge in [0.1, 0.15) is 12.4 Å². The Labute approximate surface area is 182 Å². The van der Waals surface area contributed by atoms with E-state index in [0.717, 1.165) is 24.2 Å². The van der Waals surface area contributed by atoms with Gasteiger partial charge < -0.3 is 14.2 Å². The van der Waals surface area contributed by atoms with Crippen LogP contribution in [0.3, 0.4) is 0 Å². The van der Waals surface area contributed by atoms with Crippen LogP contribution >= 0.6 is 11.3 Å². The van der Waals surface area contributed by atoms with Crippen molar-refractivity contribution in [3.8, 4) is 17.2 Å². The lowest BCUT2D eigenvalue weighted by Gasteiger charge is -2.24. The van der Waals surface area contributed by atoms with E-state index in [4.69, 9.17) is 14.2 Å². The second-order valence-electron chi connectivity index (χ2n) is 7.22. The van der Waals surface area contributed by atoms with Crippen molar-refractivity contribution in [2.45, 2.75) is 25.9 Å². The molecule has 0 aliphatic carbocycles. The predicted octanol–water partition coefficient (Wildman–Crippen LogP) is 3.39. The molecule has 1 aliphatic rings. The zero-order valence-electron chi connectivity index (χ0n) is 17.0. The normalized spacial score (nSPS) is 16.0. The number of hydrogen-bond acceptors (Lipinski definition) is 7. The first-order valence-corrected chi connectivity index (χ1v) is 11.1. The summed E-state index contributed by atoms with van der Waals surface area (Å²) >= 11 is 1.30. The van der Waals surface area contributed by atoms with E-state index in [2.05, 4.69) is 17.0 Å². The van der Waals surface area contributed by atoms with E-state index < -0.39 is 6.10 Å². The highest BCUT2D eigenvalue weighted by molar-refractivity contribution is 7.15. The third-order valence-corrected chi connectivity index (χ3v) is 5.88. The van der Waals surface area contributed by atoms with E-state index in [9.17, 15) is 4.79 Å². The molecule has 8 heteroatoms. The summed E-state index contributed by atoms with van der Waals surface area (Å²) in [4.78, 5) is 17.9. The summed E-state index contributed by atoms with van der Waals surface area (Å²) in [5.74, 6) is 2.58. The van der Waals surface area contributed by atoms with Crippen LogP contribution in [0.1, 0.15) is 37.3 Å². The van der Waals surface area contributed by atoms with E-state index in [1.807, 2.05) is 54.6 Å². The first-order chi connectivity index (χ1) is 15.2. The number of benzene rings is 2. The second-order valence-corrected chi connectivity index (χ2v) is 8.23. The standard InChI is InChI=1S/C23H21N3O4S/c1-2-3-11-28-16-8-6-7-15(12-16)13-20-22(27)26-23(31-20)24-21(25-26)19-14-29-17-9-4-5-10-18(17)30-19/h4-10,12-13,19H,2-3,11,14H2,1H3/b20-13-/t19-/m1/s1. The molecule has 1 atom stereocenters. The van der Waals surface area contributed by atoms with Gasteiger partial charge in [0.15, 0.2) is 23.4 Å². The molecule has 2 aromatic carbocycles. The quantitative estimate of drug-likeness (QED) is 0.432. The molecule has 3 heterocycles. The summed E-state index contributed by atoms with van der Waals surface area (Å²) < 4.78 is 19.3. The largest absolute Gasteiger partial charge is 0.494 e. The van der Waals surface area contributed by atoms with Crippen LogP contribution in [-0.2, 0) is 0 Å². The van der Waals surface area contributed by atoms with Crippen LogP contribution in [0, 0.1) is 0 Å². The molecule has 0 unspecified atom stereocenters. The van der Waals surface area contributed by atoms with E-state index in [0.29, 0.717) is 40.0 Å². The van der Waals surface area contributed by atoms with Crippen molar-refractivity contribution in [3.63, 3.8) is 0 Å². The minimum atomic E-state index is -0.453. The Morgan fingerprint density at radius 3 is 2.94 bits per heavy atom. The van der Waals surface area contributed by atoms with Crippen molar-refractivity contribution in [1.82, 2.24) is 14.6 Å². The van der Waals surface area contributed by atoms with Crippen LogP contribution in [0.15, 0.2) is 53.3 Å². The minimum Gasteiger partial charge on any atom is -0.494 e. The smallest absolute Gasteiger partial charge is 0.291 e. The van der Waals surface area contributed by atoms with Gasteiger partial charge in [-0.2, -0.15) is 9.50 Å². The number of para-hydroxylation sites is 2. The van der Waals surface area contributed by atoms with Gasteiger partial charge >= 0.3 is 0 Å². The van der Waals surface area contributed by atoms with Gasteiger partial charge in [-0.3, -0.25) is 4.79 Å². The Morgan fingerprint density at radius 2 is 2.10 bits per heavy atom. The van der Waals surface area contributed by atoms with E-state index >= 15 is 0 Å². The van der Waals surface area contributed by atoms with E-state index in [1.54, 1.807) is 0 Å². The molecule has 1 aliphatic heterocycles. The van der Waals surface area contributed by atoms with Crippen molar-refractivity contribution in [1.29, 1.82) is 0 Å². The fraction of sp³-hybridized carbons (Fsp3) is 0.261. The highest BCUT2D eigenvalue weighted by atomic mass is 32.1. The number of rotatable bonds is 6. The maximum Gasteiger partial charge on any atom is 0.291 e. The van der Waals surface area contributed by atoms with Gasteiger partial charge in [-0.15, -0.1) is 5.10 Å². The molecule has 0 N–H and O–H groups in total. The third-order valence-electron chi connectivity index (χ3n) is 4.92. The van der Waals surface area contributed by atoms with Crippen LogP contribution in [0.5, 0.6) is 17.2 Å². The maximum atomic E-state index is 12.9. The number of fused-ring (bicyclic) bond motifs is 2. The van der Waals surface area contributed by atoms with Crippen LogP contribution in [0.25, 0.3) is 11.0 Å². The lowest BCUT2D eigenvalue weighted by atomic mass is 10.2. The minimum absolute atomic E-state index is 0.201. The summed E-state index contributed by atoms with van der Waals surface area (Å²) in [6, 6.07) is 15.2. The SMILES string of the molecule is CCCCOc1cccc(/C=c2\sc3nc([C@H]4COc5ccccc5O4)nn3c2=O)c1. The fourth-order valence-electron chi connectivity index (χ4n) is 3.31. The van der Waals surface area contributed by atoms with Gasteiger partial charge in [-0.25, -0.2) is 0 Å². The van der Waals surface area contributed by atoms with Crippen molar-refractivity contribution < 1.29 is 14.2 Å². The second kappa shape index (κ2) is 8.39. The third kappa shape index (κ3) is 3.98. The summed E-state index contributed by atoms with van der Waals surface area (Å²) in [6.45, 7) is 3.11. The average Bonchev–Trinajstić information content (AvgIpc) is 3.33. The van der Waals surface area contributed by atoms with Crippen LogP contribution in [0.2, 0.25) is 0 Å². The molecule has 2 aromatic heterocycles. The Kier molecular flexibility index (Phi) is 5.30. The molecule has 0 saturated heterocycles. The molecule has 0 bridgehead atoms. The summed E-state index contributed by atoms with van der Waals surface area (Å²) in [5, 5.41) is 4.39. The molecule has 0 fully saturated rings. The van der Waals surface area contributed by atoms with Gasteiger partial charge in [0.2, 0.25) is 4.96 Å². The Hall–Kier alpha value is -3.39. The van der Waals surface area contributed by atoms with Crippen molar-refractivity contribution in [2.75, 3.05) is 13.2 Å². The number of hydrogen-bond donors (Lipinski definition) is 0. The van der Waals surface area contributed by atoms with Gasteiger partial charge in [0.25, 0.3) is 5.56 Å². The van der Waals surface area contributed by atoms with Gasteiger partial charge in [-0.1, -0.05) is 48.9 Å². The molecule has 0 amide bonds. The first-order valence-electron chi connectivity index (χ1n) is 10.2. The maximum absolute atomic E-state index is 12.9. The highest BCUT2D eigenvalue weighted by Crippen LogP contribution is 2.35. The molecule has 0 saturated carbocycles. The van der Waals surface area contributed by atoms with E-state index in [1.165, 1.54) is 15.9 Å². The molecular weight excluding hydrogens is 414 g/mol. The van der Waals surface area contributed by atoms with Crippen LogP contribution in [0.4, 0.5) is 0 Å². The summed E-state index contributed by atoms with van der Waals surface area (Å²) in [6.07, 6.45) is 3.48. The van der Waals surface area contributed by atoms with Gasteiger partial charge in [0, 0.05) is 0 Å². The Morgan fingerprint density at radius 1 is 1.23 bits per heavy atom. The summed E-state index contributed by atoms with van der Waals surface area (Å²) in [7, 11) is 0. The van der Waals surface area contributed by atoms with Crippen LogP contribution in [-0.4, -0.2) is 27.8 Å². The highest BCUT2D eigenvalue weighted by Gasteiger charge is 2.27. The number of thiazole rings is 1. The topological polar surface area (TPSA) is 74.9 Å². The predicted molar refractivity (Wildman–Crippen MR) is 118 cm³/mol. The zero-order chi connectivity index (χ0) is 21.2. The molecule has 31 heavy (non-hydrogen) atoms. The average molecular weight is 436 g/mol. The molecular formula is C23H21N3O4S. The number of ether oxygens (including phenoxy) is 3. The van der Waals surface area contributed by atoms with E-state index in [-0.39, 0.29) is 5.56 Å². The molecule has 4 aromatic rings. The van der Waals surface area contributed by atoms with Gasteiger partial charge in [-0.05, 0) is 42.3 Å². The fourth-order valence-corrected chi connectivity index (χ4v) is 4.23. The number of nitrogens with zero attached hydrogens (tertiary/aromatic N) is 3. The monoisotopic (exact) mass is 435 g/mol. The lowest BCUT2D eigenvalue weighted by molar-refractivity contribution is 0.0852. The molecule has 0 spiro atoms. The van der Waals surface area contributed by atoms with Crippen LogP contribution < -0.4 is 24.3 Å².